The summed E-state index contributed by atoms with van der Waals surface area (Å²) < 4.78 is 0. The van der Waals surface area contributed by atoms with E-state index in [0.717, 1.165) is 42.1 Å². The molecule has 0 aromatic carbocycles. The number of nitrogens with one attached hydrogen (secondary N) is 1. The Labute approximate surface area is 113 Å². The first-order chi connectivity index (χ1) is 9.02. The molecule has 1 saturated heterocycles. The van der Waals surface area contributed by atoms with Gasteiger partial charge in [-0.2, -0.15) is 5.10 Å². The van der Waals surface area contributed by atoms with Crippen LogP contribution in [-0.4, -0.2) is 35.2 Å². The van der Waals surface area contributed by atoms with Crippen LogP contribution < -0.4 is 16.0 Å². The summed E-state index contributed by atoms with van der Waals surface area (Å²) >= 11 is 0. The van der Waals surface area contributed by atoms with Crippen molar-refractivity contribution in [2.75, 3.05) is 18.0 Å². The smallest absolute Gasteiger partial charge is 0.217 e. The van der Waals surface area contributed by atoms with Crippen molar-refractivity contribution in [2.24, 2.45) is 5.73 Å². The highest BCUT2D eigenvalue weighted by atomic mass is 16.1. The van der Waals surface area contributed by atoms with Crippen LogP contribution in [0.25, 0.3) is 0 Å². The highest BCUT2D eigenvalue weighted by molar-refractivity contribution is 5.73. The highest BCUT2D eigenvalue weighted by Gasteiger charge is 2.26. The molecule has 1 aliphatic rings. The summed E-state index contributed by atoms with van der Waals surface area (Å²) in [6, 6.07) is 0.187. The van der Waals surface area contributed by atoms with E-state index >= 15 is 0 Å². The molecule has 1 fully saturated rings. The third kappa shape index (κ3) is 2.84. The van der Waals surface area contributed by atoms with E-state index in [0.29, 0.717) is 6.54 Å². The van der Waals surface area contributed by atoms with Gasteiger partial charge < -0.3 is 16.0 Å². The average molecular weight is 263 g/mol. The molecule has 1 aromatic heterocycles. The first kappa shape index (κ1) is 13.7. The molecule has 1 atom stereocenters. The fourth-order valence-corrected chi connectivity index (χ4v) is 2.50. The van der Waals surface area contributed by atoms with Crippen molar-refractivity contribution in [3.05, 3.63) is 16.8 Å². The molecule has 0 saturated carbocycles. The van der Waals surface area contributed by atoms with Crippen LogP contribution in [0, 0.1) is 13.8 Å². The van der Waals surface area contributed by atoms with Crippen LogP contribution in [0.4, 0.5) is 5.82 Å². The highest BCUT2D eigenvalue weighted by Crippen LogP contribution is 2.25. The Bertz CT molecular complexity index is 488. The molecule has 104 valence electrons. The lowest BCUT2D eigenvalue weighted by atomic mass is 10.1. The van der Waals surface area contributed by atoms with Crippen molar-refractivity contribution in [1.29, 1.82) is 0 Å². The van der Waals surface area contributed by atoms with Crippen LogP contribution in [0.3, 0.4) is 0 Å². The summed E-state index contributed by atoms with van der Waals surface area (Å²) in [7, 11) is 0. The van der Waals surface area contributed by atoms with Crippen molar-refractivity contribution >= 4 is 11.7 Å². The summed E-state index contributed by atoms with van der Waals surface area (Å²) in [4.78, 5) is 13.2. The number of aryl methyl sites for hydroxylation is 1. The average Bonchev–Trinajstić information content (AvgIpc) is 2.79. The maximum absolute atomic E-state index is 11.1. The lowest BCUT2D eigenvalue weighted by Crippen LogP contribution is -2.36. The van der Waals surface area contributed by atoms with Gasteiger partial charge in [-0.15, -0.1) is 5.10 Å². The van der Waals surface area contributed by atoms with Crippen molar-refractivity contribution in [3.63, 3.8) is 0 Å². The summed E-state index contributed by atoms with van der Waals surface area (Å²) in [6.07, 6.45) is 0.929. The quantitative estimate of drug-likeness (QED) is 0.817. The third-order valence-electron chi connectivity index (χ3n) is 3.66. The second-order valence-corrected chi connectivity index (χ2v) is 5.05. The second-order valence-electron chi connectivity index (χ2n) is 5.05. The van der Waals surface area contributed by atoms with Crippen molar-refractivity contribution < 1.29 is 4.79 Å². The van der Waals surface area contributed by atoms with Gasteiger partial charge in [0, 0.05) is 38.2 Å². The van der Waals surface area contributed by atoms with Gasteiger partial charge in [0.1, 0.15) is 0 Å². The molecule has 0 radical (unpaired) electrons. The van der Waals surface area contributed by atoms with Crippen LogP contribution >= 0.6 is 0 Å². The van der Waals surface area contributed by atoms with Crippen LogP contribution in [-0.2, 0) is 11.3 Å². The molecular formula is C13H21N5O. The van der Waals surface area contributed by atoms with Gasteiger partial charge >= 0.3 is 0 Å². The number of aromatic nitrogens is 2. The number of rotatable bonds is 3. The Morgan fingerprint density at radius 1 is 1.47 bits per heavy atom. The predicted molar refractivity (Wildman–Crippen MR) is 73.8 cm³/mol. The molecule has 6 heteroatoms. The minimum atomic E-state index is 0.0112. The van der Waals surface area contributed by atoms with Crippen molar-refractivity contribution in [1.82, 2.24) is 15.5 Å². The van der Waals surface area contributed by atoms with Gasteiger partial charge in [0.15, 0.2) is 5.82 Å². The fraction of sp³-hybridized carbons (Fsp3) is 0.615. The number of carbonyl (C=O) groups is 1. The van der Waals surface area contributed by atoms with E-state index in [1.807, 2.05) is 13.8 Å². The Morgan fingerprint density at radius 3 is 2.84 bits per heavy atom. The fourth-order valence-electron chi connectivity index (χ4n) is 2.50. The Balaban J connectivity index is 2.20. The minimum absolute atomic E-state index is 0.0112. The Hall–Kier alpha value is -1.69. The molecule has 2 heterocycles. The number of amides is 1. The first-order valence-electron chi connectivity index (χ1n) is 6.57. The van der Waals surface area contributed by atoms with Crippen molar-refractivity contribution in [3.8, 4) is 0 Å². The number of hydrogen-bond acceptors (Lipinski definition) is 5. The topological polar surface area (TPSA) is 84.1 Å². The summed E-state index contributed by atoms with van der Waals surface area (Å²) in [5.41, 5.74) is 8.92. The Morgan fingerprint density at radius 2 is 2.21 bits per heavy atom. The van der Waals surface area contributed by atoms with Crippen molar-refractivity contribution in [2.45, 2.75) is 39.8 Å². The second kappa shape index (κ2) is 5.52. The lowest BCUT2D eigenvalue weighted by Gasteiger charge is -2.21. The standard InChI is InChI=1S/C13H21N5O/c1-8-9(2)16-17-13(12(8)6-14)18-5-4-11(7-18)15-10(3)19/h11H,4-7,14H2,1-3H3,(H,15,19). The predicted octanol–water partition coefficient (Wildman–Crippen LogP) is 0.267. The lowest BCUT2D eigenvalue weighted by molar-refractivity contribution is -0.119. The summed E-state index contributed by atoms with van der Waals surface area (Å²) in [5, 5.41) is 11.4. The van der Waals surface area contributed by atoms with E-state index in [4.69, 9.17) is 5.73 Å². The molecule has 1 aliphatic heterocycles. The molecule has 3 N–H and O–H groups in total. The van der Waals surface area contributed by atoms with Gasteiger partial charge in [-0.3, -0.25) is 4.79 Å². The van der Waals surface area contributed by atoms with Gasteiger partial charge in [0.2, 0.25) is 5.91 Å². The zero-order valence-corrected chi connectivity index (χ0v) is 11.7. The number of anilines is 1. The van der Waals surface area contributed by atoms with Gasteiger partial charge in [0.05, 0.1) is 5.69 Å². The molecule has 0 bridgehead atoms. The molecule has 1 amide bonds. The normalized spacial score (nSPS) is 18.7. The molecule has 2 rings (SSSR count). The molecule has 1 unspecified atom stereocenters. The number of nitrogens with two attached hydrogens (primary N) is 1. The molecule has 6 nitrogen and oxygen atoms in total. The van der Waals surface area contributed by atoms with Crippen LogP contribution in [0.1, 0.15) is 30.2 Å². The maximum Gasteiger partial charge on any atom is 0.217 e. The number of hydrogen-bond donors (Lipinski definition) is 2. The zero-order valence-electron chi connectivity index (χ0n) is 11.7. The SMILES string of the molecule is CC(=O)NC1CCN(c2nnc(C)c(C)c2CN)C1. The monoisotopic (exact) mass is 263 g/mol. The van der Waals surface area contributed by atoms with Gasteiger partial charge in [-0.05, 0) is 25.8 Å². The molecule has 0 aliphatic carbocycles. The van der Waals surface area contributed by atoms with Crippen LogP contribution in [0.2, 0.25) is 0 Å². The van der Waals surface area contributed by atoms with Gasteiger partial charge in [0.25, 0.3) is 0 Å². The first-order valence-corrected chi connectivity index (χ1v) is 6.57. The molecule has 19 heavy (non-hydrogen) atoms. The third-order valence-corrected chi connectivity index (χ3v) is 3.66. The summed E-state index contributed by atoms with van der Waals surface area (Å²) in [6.45, 7) is 7.61. The summed E-state index contributed by atoms with van der Waals surface area (Å²) in [5.74, 6) is 0.871. The van der Waals surface area contributed by atoms with Crippen LogP contribution in [0.5, 0.6) is 0 Å². The van der Waals surface area contributed by atoms with Crippen LogP contribution in [0.15, 0.2) is 0 Å². The van der Waals surface area contributed by atoms with E-state index in [-0.39, 0.29) is 11.9 Å². The number of carbonyl (C=O) groups excluding carboxylic acids is 1. The van der Waals surface area contributed by atoms with Gasteiger partial charge in [-0.1, -0.05) is 0 Å². The van der Waals surface area contributed by atoms with E-state index in [1.54, 1.807) is 6.92 Å². The molecule has 0 spiro atoms. The van der Waals surface area contributed by atoms with E-state index < -0.39 is 0 Å². The number of nitrogens with zero attached hydrogens (tertiary/aromatic N) is 3. The van der Waals surface area contributed by atoms with Gasteiger partial charge in [-0.25, -0.2) is 0 Å². The largest absolute Gasteiger partial charge is 0.353 e. The molecular weight excluding hydrogens is 242 g/mol. The molecule has 1 aromatic rings. The zero-order chi connectivity index (χ0) is 14.0. The maximum atomic E-state index is 11.1. The van der Waals surface area contributed by atoms with E-state index in [9.17, 15) is 4.79 Å². The van der Waals surface area contributed by atoms with E-state index in [1.165, 1.54) is 0 Å². The minimum Gasteiger partial charge on any atom is -0.353 e. The van der Waals surface area contributed by atoms with E-state index in [2.05, 4.69) is 20.4 Å². The Kier molecular flexibility index (Phi) is 3.99.